The number of aryl methyl sites for hydroxylation is 1. The first kappa shape index (κ1) is 21.5. The normalized spacial score (nSPS) is 11.1. The van der Waals surface area contributed by atoms with E-state index >= 15 is 0 Å². The van der Waals surface area contributed by atoms with Crippen LogP contribution in [0.3, 0.4) is 0 Å². The number of fused-ring (bicyclic) bond motifs is 3. The van der Waals surface area contributed by atoms with E-state index in [-0.39, 0.29) is 5.97 Å². The highest BCUT2D eigenvalue weighted by Gasteiger charge is 2.16. The molecule has 0 radical (unpaired) electrons. The number of aromatic nitrogens is 4. The molecule has 3 aromatic heterocycles. The van der Waals surface area contributed by atoms with Crippen molar-refractivity contribution in [1.82, 2.24) is 19.2 Å². The van der Waals surface area contributed by atoms with E-state index < -0.39 is 0 Å². The zero-order chi connectivity index (χ0) is 23.7. The van der Waals surface area contributed by atoms with Crippen molar-refractivity contribution in [1.29, 1.82) is 0 Å². The van der Waals surface area contributed by atoms with Gasteiger partial charge in [-0.15, -0.1) is 0 Å². The summed E-state index contributed by atoms with van der Waals surface area (Å²) in [6.45, 7) is 2.69. The van der Waals surface area contributed by atoms with E-state index in [1.54, 1.807) is 26.4 Å². The highest BCUT2D eigenvalue weighted by molar-refractivity contribution is 5.95. The summed E-state index contributed by atoms with van der Waals surface area (Å²) in [6, 6.07) is 17.7. The molecule has 3 heterocycles. The Morgan fingerprint density at radius 1 is 1.06 bits per heavy atom. The number of benzene rings is 2. The van der Waals surface area contributed by atoms with Gasteiger partial charge in [-0.1, -0.05) is 18.2 Å². The molecule has 0 spiro atoms. The number of carbonyl (C=O) groups is 1. The molecule has 0 saturated heterocycles. The molecule has 34 heavy (non-hydrogen) atoms. The van der Waals surface area contributed by atoms with Crippen molar-refractivity contribution in [3.63, 3.8) is 0 Å². The Morgan fingerprint density at radius 2 is 1.88 bits per heavy atom. The number of ether oxygens (including phenoxy) is 2. The summed E-state index contributed by atoms with van der Waals surface area (Å²) < 4.78 is 14.3. The quantitative estimate of drug-likeness (QED) is 0.359. The summed E-state index contributed by atoms with van der Waals surface area (Å²) in [6.07, 6.45) is 3.58. The standard InChI is InChI=1S/C26H25N5O3/c1-4-34-26(32)19-14-24-25(27-15-17-5-8-20(33-3)9-6-17)29-21-13-18(22-11-12-28-30(22)2)7-10-23(21)31(24)16-19/h5-14,16H,4,15H2,1-3H3,(H,27,29). The van der Waals surface area contributed by atoms with Gasteiger partial charge in [-0.2, -0.15) is 5.10 Å². The monoisotopic (exact) mass is 455 g/mol. The maximum atomic E-state index is 12.5. The molecular formula is C26H25N5O3. The van der Waals surface area contributed by atoms with Crippen LogP contribution in [0.25, 0.3) is 27.8 Å². The Kier molecular flexibility index (Phi) is 5.63. The lowest BCUT2D eigenvalue weighted by Gasteiger charge is -2.12. The second-order valence-corrected chi connectivity index (χ2v) is 7.91. The van der Waals surface area contributed by atoms with Crippen molar-refractivity contribution in [3.8, 4) is 17.0 Å². The van der Waals surface area contributed by atoms with E-state index in [0.717, 1.165) is 39.1 Å². The van der Waals surface area contributed by atoms with Gasteiger partial charge in [0.1, 0.15) is 5.75 Å². The third kappa shape index (κ3) is 3.94. The first-order valence-electron chi connectivity index (χ1n) is 11.1. The van der Waals surface area contributed by atoms with Crippen molar-refractivity contribution < 1.29 is 14.3 Å². The molecule has 0 aliphatic heterocycles. The second-order valence-electron chi connectivity index (χ2n) is 7.91. The van der Waals surface area contributed by atoms with Gasteiger partial charge in [-0.25, -0.2) is 9.78 Å². The molecular weight excluding hydrogens is 430 g/mol. The minimum absolute atomic E-state index is 0.320. The lowest BCUT2D eigenvalue weighted by Crippen LogP contribution is -2.04. The average molecular weight is 456 g/mol. The van der Waals surface area contributed by atoms with Crippen LogP contribution in [0.1, 0.15) is 22.8 Å². The van der Waals surface area contributed by atoms with Crippen LogP contribution in [-0.4, -0.2) is 38.9 Å². The van der Waals surface area contributed by atoms with Crippen LogP contribution in [-0.2, 0) is 18.3 Å². The van der Waals surface area contributed by atoms with E-state index in [4.69, 9.17) is 14.5 Å². The van der Waals surface area contributed by atoms with Gasteiger partial charge < -0.3 is 19.2 Å². The van der Waals surface area contributed by atoms with Crippen molar-refractivity contribution in [2.24, 2.45) is 7.05 Å². The number of rotatable bonds is 7. The van der Waals surface area contributed by atoms with Crippen LogP contribution in [0.4, 0.5) is 5.82 Å². The SMILES string of the molecule is CCOC(=O)c1cc2c(NCc3ccc(OC)cc3)nc3cc(-c4ccnn4C)ccc3n2c1. The van der Waals surface area contributed by atoms with E-state index in [9.17, 15) is 4.79 Å². The maximum absolute atomic E-state index is 12.5. The Bertz CT molecular complexity index is 1480. The van der Waals surface area contributed by atoms with Crippen LogP contribution in [0.2, 0.25) is 0 Å². The number of methoxy groups -OCH3 is 1. The lowest BCUT2D eigenvalue weighted by molar-refractivity contribution is 0.0526. The number of nitrogens with one attached hydrogen (secondary N) is 1. The predicted molar refractivity (Wildman–Crippen MR) is 131 cm³/mol. The van der Waals surface area contributed by atoms with Crippen molar-refractivity contribution >= 4 is 28.3 Å². The summed E-state index contributed by atoms with van der Waals surface area (Å²) in [5, 5.41) is 7.72. The lowest BCUT2D eigenvalue weighted by atomic mass is 10.1. The zero-order valence-corrected chi connectivity index (χ0v) is 19.3. The third-order valence-electron chi connectivity index (χ3n) is 5.78. The fourth-order valence-electron chi connectivity index (χ4n) is 4.04. The highest BCUT2D eigenvalue weighted by atomic mass is 16.5. The van der Waals surface area contributed by atoms with Gasteiger partial charge in [0.15, 0.2) is 5.82 Å². The number of esters is 1. The van der Waals surface area contributed by atoms with Crippen molar-refractivity contribution in [3.05, 3.63) is 78.1 Å². The molecule has 0 atom stereocenters. The molecule has 0 fully saturated rings. The minimum Gasteiger partial charge on any atom is -0.497 e. The van der Waals surface area contributed by atoms with Crippen molar-refractivity contribution in [2.75, 3.05) is 19.0 Å². The van der Waals surface area contributed by atoms with Crippen LogP contribution in [0.15, 0.2) is 67.0 Å². The molecule has 0 saturated carbocycles. The third-order valence-corrected chi connectivity index (χ3v) is 5.78. The first-order valence-corrected chi connectivity index (χ1v) is 11.1. The Balaban J connectivity index is 1.60. The van der Waals surface area contributed by atoms with E-state index in [1.807, 2.05) is 70.7 Å². The second kappa shape index (κ2) is 8.90. The molecule has 0 aliphatic carbocycles. The molecule has 0 unspecified atom stereocenters. The molecule has 8 nitrogen and oxygen atoms in total. The molecule has 2 aromatic carbocycles. The van der Waals surface area contributed by atoms with E-state index in [1.165, 1.54) is 0 Å². The van der Waals surface area contributed by atoms with E-state index in [2.05, 4.69) is 10.4 Å². The van der Waals surface area contributed by atoms with Gasteiger partial charge >= 0.3 is 5.97 Å². The van der Waals surface area contributed by atoms with E-state index in [0.29, 0.717) is 24.5 Å². The molecule has 5 rings (SSSR count). The maximum Gasteiger partial charge on any atom is 0.339 e. The molecule has 0 bridgehead atoms. The largest absolute Gasteiger partial charge is 0.497 e. The fourth-order valence-corrected chi connectivity index (χ4v) is 4.04. The molecule has 8 heteroatoms. The van der Waals surface area contributed by atoms with Gasteiger partial charge in [0, 0.05) is 31.5 Å². The molecule has 0 aliphatic rings. The summed E-state index contributed by atoms with van der Waals surface area (Å²) in [7, 11) is 3.56. The molecule has 5 aromatic rings. The number of anilines is 1. The van der Waals surface area contributed by atoms with Gasteiger partial charge in [-0.05, 0) is 48.9 Å². The van der Waals surface area contributed by atoms with Crippen LogP contribution >= 0.6 is 0 Å². The topological polar surface area (TPSA) is 82.7 Å². The summed E-state index contributed by atoms with van der Waals surface area (Å²) >= 11 is 0. The minimum atomic E-state index is -0.355. The number of hydrogen-bond acceptors (Lipinski definition) is 6. The Labute approximate surface area is 196 Å². The number of carbonyl (C=O) groups excluding carboxylic acids is 1. The molecule has 0 amide bonds. The summed E-state index contributed by atoms with van der Waals surface area (Å²) in [5.74, 6) is 1.14. The van der Waals surface area contributed by atoms with Crippen LogP contribution in [0.5, 0.6) is 5.75 Å². The number of hydrogen-bond donors (Lipinski definition) is 1. The molecule has 1 N–H and O–H groups in total. The molecule has 172 valence electrons. The van der Waals surface area contributed by atoms with Gasteiger partial charge in [0.25, 0.3) is 0 Å². The smallest absolute Gasteiger partial charge is 0.339 e. The zero-order valence-electron chi connectivity index (χ0n) is 19.3. The van der Waals surface area contributed by atoms with Gasteiger partial charge in [0.2, 0.25) is 0 Å². The predicted octanol–water partition coefficient (Wildman–Crippen LogP) is 4.69. The summed E-state index contributed by atoms with van der Waals surface area (Å²) in [4.78, 5) is 17.4. The Morgan fingerprint density at radius 3 is 2.59 bits per heavy atom. The van der Waals surface area contributed by atoms with Crippen LogP contribution < -0.4 is 10.1 Å². The highest BCUT2D eigenvalue weighted by Crippen LogP contribution is 2.29. The Hall–Kier alpha value is -4.33. The summed E-state index contributed by atoms with van der Waals surface area (Å²) in [5.41, 5.74) is 6.08. The fraction of sp³-hybridized carbons (Fsp3) is 0.192. The average Bonchev–Trinajstić information content (AvgIpc) is 3.49. The van der Waals surface area contributed by atoms with Crippen molar-refractivity contribution in [2.45, 2.75) is 13.5 Å². The van der Waals surface area contributed by atoms with Crippen LogP contribution in [0, 0.1) is 0 Å². The van der Waals surface area contributed by atoms with Gasteiger partial charge in [0.05, 0.1) is 41.5 Å². The first-order chi connectivity index (χ1) is 16.6. The van der Waals surface area contributed by atoms with Gasteiger partial charge in [-0.3, -0.25) is 4.68 Å². The number of nitrogens with zero attached hydrogens (tertiary/aromatic N) is 4.